The van der Waals surface area contributed by atoms with Crippen molar-refractivity contribution in [2.24, 2.45) is 11.8 Å². The normalized spacial score (nSPS) is 32.0. The number of nitrogens with two attached hydrogens (primary N) is 1. The van der Waals surface area contributed by atoms with Gasteiger partial charge in [0.25, 0.3) is 0 Å². The molecule has 4 rings (SSSR count). The van der Waals surface area contributed by atoms with Crippen molar-refractivity contribution in [3.8, 4) is 0 Å². The van der Waals surface area contributed by atoms with Crippen molar-refractivity contribution in [2.75, 3.05) is 30.3 Å². The minimum Gasteiger partial charge on any atom is -0.384 e. The highest BCUT2D eigenvalue weighted by Crippen LogP contribution is 2.38. The number of piperidine rings is 3. The molecule has 6 nitrogen and oxygen atoms in total. The van der Waals surface area contributed by atoms with Crippen LogP contribution in [0.1, 0.15) is 25.7 Å². The molecule has 1 aromatic rings. The molecular formula is C15H21N5O. The number of hydrogen-bond donors (Lipinski definition) is 1. The molecule has 3 aliphatic rings. The summed E-state index contributed by atoms with van der Waals surface area (Å²) in [4.78, 5) is 25.3. The highest BCUT2D eigenvalue weighted by molar-refractivity contribution is 5.77. The lowest BCUT2D eigenvalue weighted by Crippen LogP contribution is -2.60. The van der Waals surface area contributed by atoms with Crippen LogP contribution in [-0.2, 0) is 4.79 Å². The topological polar surface area (TPSA) is 75.3 Å². The van der Waals surface area contributed by atoms with E-state index in [-0.39, 0.29) is 0 Å². The van der Waals surface area contributed by atoms with Gasteiger partial charge in [0, 0.05) is 38.3 Å². The summed E-state index contributed by atoms with van der Waals surface area (Å²) in [6.07, 6.45) is 5.87. The van der Waals surface area contributed by atoms with Gasteiger partial charge < -0.3 is 15.5 Å². The van der Waals surface area contributed by atoms with Gasteiger partial charge in [0.1, 0.15) is 5.82 Å². The van der Waals surface area contributed by atoms with Crippen molar-refractivity contribution in [2.45, 2.75) is 31.7 Å². The highest BCUT2D eigenvalue weighted by Gasteiger charge is 2.44. The second-order valence-electron chi connectivity index (χ2n) is 6.55. The van der Waals surface area contributed by atoms with Crippen LogP contribution in [0, 0.1) is 11.8 Å². The molecular weight excluding hydrogens is 266 g/mol. The Hall–Kier alpha value is -1.85. The Labute approximate surface area is 124 Å². The average Bonchev–Trinajstić information content (AvgIpc) is 2.48. The number of amides is 1. The van der Waals surface area contributed by atoms with E-state index in [2.05, 4.69) is 19.8 Å². The van der Waals surface area contributed by atoms with E-state index in [1.54, 1.807) is 12.3 Å². The molecule has 6 heteroatoms. The molecule has 3 saturated heterocycles. The van der Waals surface area contributed by atoms with Gasteiger partial charge in [-0.25, -0.2) is 4.98 Å². The lowest BCUT2D eigenvalue weighted by atomic mass is 9.76. The van der Waals surface area contributed by atoms with E-state index >= 15 is 0 Å². The van der Waals surface area contributed by atoms with E-state index in [1.807, 2.05) is 0 Å². The predicted molar refractivity (Wildman–Crippen MR) is 79.6 cm³/mol. The number of hydrogen-bond acceptors (Lipinski definition) is 5. The minimum absolute atomic E-state index is 0.356. The summed E-state index contributed by atoms with van der Waals surface area (Å²) in [6, 6.07) is 2.14. The van der Waals surface area contributed by atoms with Crippen LogP contribution < -0.4 is 10.6 Å². The Morgan fingerprint density at radius 2 is 2.19 bits per heavy atom. The predicted octanol–water partition coefficient (Wildman–Crippen LogP) is 0.896. The maximum absolute atomic E-state index is 12.1. The summed E-state index contributed by atoms with van der Waals surface area (Å²) >= 11 is 0. The quantitative estimate of drug-likeness (QED) is 0.830. The summed E-state index contributed by atoms with van der Waals surface area (Å²) in [7, 11) is 0. The molecule has 1 amide bonds. The van der Waals surface area contributed by atoms with Crippen LogP contribution in [0.2, 0.25) is 0 Å². The maximum atomic E-state index is 12.1. The molecule has 3 atom stereocenters. The molecule has 112 valence electrons. The van der Waals surface area contributed by atoms with E-state index in [0.29, 0.717) is 29.6 Å². The van der Waals surface area contributed by atoms with E-state index < -0.39 is 0 Å². The molecule has 2 bridgehead atoms. The molecule has 4 heterocycles. The van der Waals surface area contributed by atoms with Crippen LogP contribution in [0.4, 0.5) is 11.8 Å². The highest BCUT2D eigenvalue weighted by atomic mass is 16.2. The Morgan fingerprint density at radius 3 is 3.05 bits per heavy atom. The van der Waals surface area contributed by atoms with Crippen molar-refractivity contribution < 1.29 is 4.79 Å². The van der Waals surface area contributed by atoms with Crippen LogP contribution in [0.5, 0.6) is 0 Å². The molecule has 21 heavy (non-hydrogen) atoms. The minimum atomic E-state index is 0.356. The first-order chi connectivity index (χ1) is 10.2. The third kappa shape index (κ3) is 2.22. The molecule has 1 aromatic heterocycles. The van der Waals surface area contributed by atoms with Crippen molar-refractivity contribution >= 4 is 17.7 Å². The first-order valence-corrected chi connectivity index (χ1v) is 7.83. The smallest absolute Gasteiger partial charge is 0.227 e. The molecule has 0 aliphatic carbocycles. The summed E-state index contributed by atoms with van der Waals surface area (Å²) in [5.74, 6) is 2.69. The monoisotopic (exact) mass is 287 g/mol. The van der Waals surface area contributed by atoms with Crippen LogP contribution in [0.15, 0.2) is 12.3 Å². The van der Waals surface area contributed by atoms with Gasteiger partial charge in [-0.3, -0.25) is 4.79 Å². The van der Waals surface area contributed by atoms with Crippen LogP contribution in [0.3, 0.4) is 0 Å². The molecule has 0 spiro atoms. The van der Waals surface area contributed by atoms with E-state index in [9.17, 15) is 4.79 Å². The number of carbonyl (C=O) groups excluding carboxylic acids is 1. The molecule has 0 aromatic carbocycles. The molecule has 2 N–H and O–H groups in total. The Bertz CT molecular complexity index is 563. The van der Waals surface area contributed by atoms with Gasteiger partial charge in [-0.15, -0.1) is 0 Å². The first kappa shape index (κ1) is 12.9. The molecule has 3 aliphatic heterocycles. The van der Waals surface area contributed by atoms with Gasteiger partial charge in [0.05, 0.1) is 0 Å². The molecule has 0 radical (unpaired) electrons. The zero-order valence-electron chi connectivity index (χ0n) is 12.1. The fourth-order valence-corrected chi connectivity index (χ4v) is 4.29. The van der Waals surface area contributed by atoms with Crippen LogP contribution in [0.25, 0.3) is 0 Å². The number of nitrogen functional groups attached to an aromatic ring is 1. The third-order valence-electron chi connectivity index (χ3n) is 5.13. The number of aromatic nitrogens is 2. The van der Waals surface area contributed by atoms with Gasteiger partial charge in [0.15, 0.2) is 0 Å². The van der Waals surface area contributed by atoms with Gasteiger partial charge in [0.2, 0.25) is 11.9 Å². The summed E-state index contributed by atoms with van der Waals surface area (Å²) in [6.45, 7) is 2.77. The summed E-state index contributed by atoms with van der Waals surface area (Å²) in [5.41, 5.74) is 5.77. The lowest BCUT2D eigenvalue weighted by Gasteiger charge is -2.52. The zero-order chi connectivity index (χ0) is 14.4. The van der Waals surface area contributed by atoms with E-state index in [0.717, 1.165) is 44.8 Å². The second kappa shape index (κ2) is 4.86. The van der Waals surface area contributed by atoms with Crippen molar-refractivity contribution in [1.82, 2.24) is 14.9 Å². The fourth-order valence-electron chi connectivity index (χ4n) is 4.29. The van der Waals surface area contributed by atoms with E-state index in [4.69, 9.17) is 5.73 Å². The van der Waals surface area contributed by atoms with Gasteiger partial charge in [-0.1, -0.05) is 0 Å². The van der Waals surface area contributed by atoms with E-state index in [1.165, 1.54) is 6.42 Å². The number of rotatable bonds is 1. The first-order valence-electron chi connectivity index (χ1n) is 7.83. The van der Waals surface area contributed by atoms with Crippen molar-refractivity contribution in [3.63, 3.8) is 0 Å². The summed E-state index contributed by atoms with van der Waals surface area (Å²) in [5, 5.41) is 0. The number of nitrogens with zero attached hydrogens (tertiary/aromatic N) is 4. The van der Waals surface area contributed by atoms with Crippen LogP contribution >= 0.6 is 0 Å². The Morgan fingerprint density at radius 1 is 1.29 bits per heavy atom. The maximum Gasteiger partial charge on any atom is 0.227 e. The molecule has 0 saturated carbocycles. The number of anilines is 2. The SMILES string of the molecule is Nc1ccnc(N2CC3CC(C2)[C@@H]2CCCC(=O)N2C3)n1. The molecule has 2 unspecified atom stereocenters. The van der Waals surface area contributed by atoms with Crippen LogP contribution in [-0.4, -0.2) is 46.5 Å². The number of carbonyl (C=O) groups is 1. The third-order valence-corrected chi connectivity index (χ3v) is 5.13. The fraction of sp³-hybridized carbons (Fsp3) is 0.667. The van der Waals surface area contributed by atoms with Gasteiger partial charge in [-0.2, -0.15) is 4.98 Å². The second-order valence-corrected chi connectivity index (χ2v) is 6.55. The van der Waals surface area contributed by atoms with Gasteiger partial charge >= 0.3 is 0 Å². The average molecular weight is 287 g/mol. The lowest BCUT2D eigenvalue weighted by molar-refractivity contribution is -0.142. The van der Waals surface area contributed by atoms with Crippen molar-refractivity contribution in [1.29, 1.82) is 0 Å². The zero-order valence-corrected chi connectivity index (χ0v) is 12.1. The Balaban J connectivity index is 1.57. The van der Waals surface area contributed by atoms with Gasteiger partial charge in [-0.05, 0) is 37.2 Å². The summed E-state index contributed by atoms with van der Waals surface area (Å²) < 4.78 is 0. The van der Waals surface area contributed by atoms with Crippen molar-refractivity contribution in [3.05, 3.63) is 12.3 Å². The number of fused-ring (bicyclic) bond motifs is 4. The standard InChI is InChI=1S/C15H21N5O/c16-13-4-5-17-15(18-13)19-7-10-6-11(9-19)12-2-1-3-14(21)20(12)8-10/h4-5,10-12H,1-3,6-9H2,(H2,16,17,18)/t10?,11?,12-/m0/s1. The Kier molecular flexibility index (Phi) is 2.97. The molecule has 3 fully saturated rings. The largest absolute Gasteiger partial charge is 0.384 e.